The van der Waals surface area contributed by atoms with Crippen LogP contribution in [-0.4, -0.2) is 36.6 Å². The fourth-order valence-corrected chi connectivity index (χ4v) is 3.15. The average Bonchev–Trinajstić information content (AvgIpc) is 2.31. The van der Waals surface area contributed by atoms with Gasteiger partial charge in [0.25, 0.3) is 0 Å². The van der Waals surface area contributed by atoms with Crippen molar-refractivity contribution in [2.45, 2.75) is 51.0 Å². The summed E-state index contributed by atoms with van der Waals surface area (Å²) in [5.74, 6) is 0. The Hall–Kier alpha value is -0.0800. The van der Waals surface area contributed by atoms with Gasteiger partial charge in [-0.15, -0.1) is 0 Å². The molecular weight excluding hydrogens is 172 g/mol. The average molecular weight is 196 g/mol. The molecule has 0 amide bonds. The molecule has 14 heavy (non-hydrogen) atoms. The lowest BCUT2D eigenvalue weighted by molar-refractivity contribution is 0.0358. The zero-order valence-electron chi connectivity index (χ0n) is 9.52. The zero-order chi connectivity index (χ0) is 9.86. The van der Waals surface area contributed by atoms with Crippen LogP contribution in [0.4, 0.5) is 0 Å². The predicted molar refractivity (Wildman–Crippen MR) is 60.5 cm³/mol. The van der Waals surface area contributed by atoms with Gasteiger partial charge in [-0.05, 0) is 58.3 Å². The Morgan fingerprint density at radius 3 is 2.29 bits per heavy atom. The first-order chi connectivity index (χ1) is 6.87. The molecule has 0 aliphatic carbocycles. The van der Waals surface area contributed by atoms with Crippen LogP contribution in [0.5, 0.6) is 0 Å². The van der Waals surface area contributed by atoms with Crippen LogP contribution in [0.3, 0.4) is 0 Å². The number of hydrogen-bond acceptors (Lipinski definition) is 2. The van der Waals surface area contributed by atoms with E-state index >= 15 is 0 Å². The van der Waals surface area contributed by atoms with Gasteiger partial charge in [0.05, 0.1) is 0 Å². The first kappa shape index (κ1) is 10.4. The van der Waals surface area contributed by atoms with E-state index < -0.39 is 0 Å². The maximum Gasteiger partial charge on any atom is 0.0231 e. The second-order valence-electron chi connectivity index (χ2n) is 4.88. The Morgan fingerprint density at radius 1 is 1.07 bits per heavy atom. The second-order valence-corrected chi connectivity index (χ2v) is 4.88. The van der Waals surface area contributed by atoms with Crippen LogP contribution >= 0.6 is 0 Å². The molecule has 2 saturated heterocycles. The lowest BCUT2D eigenvalue weighted by atomic mass is 9.82. The largest absolute Gasteiger partial charge is 0.317 e. The molecule has 0 atom stereocenters. The van der Waals surface area contributed by atoms with E-state index in [0.717, 1.165) is 0 Å². The van der Waals surface area contributed by atoms with Crippen molar-refractivity contribution in [1.82, 2.24) is 10.2 Å². The third-order valence-electron chi connectivity index (χ3n) is 4.22. The van der Waals surface area contributed by atoms with Gasteiger partial charge in [0.15, 0.2) is 0 Å². The number of piperidine rings is 2. The van der Waals surface area contributed by atoms with Crippen molar-refractivity contribution in [1.29, 1.82) is 0 Å². The standard InChI is InChI=1S/C12H24N2/c1-2-12(6-8-13-9-7-12)14-10-4-3-5-11-14/h13H,2-11H2,1H3. The molecule has 2 aliphatic rings. The van der Waals surface area contributed by atoms with Crippen molar-refractivity contribution in [3.63, 3.8) is 0 Å². The van der Waals surface area contributed by atoms with Crippen LogP contribution in [0.25, 0.3) is 0 Å². The van der Waals surface area contributed by atoms with Crippen LogP contribution in [-0.2, 0) is 0 Å². The molecule has 0 spiro atoms. The van der Waals surface area contributed by atoms with E-state index in [1.54, 1.807) is 0 Å². The molecule has 0 bridgehead atoms. The lowest BCUT2D eigenvalue weighted by Gasteiger charge is -2.48. The van der Waals surface area contributed by atoms with E-state index in [0.29, 0.717) is 5.54 Å². The fraction of sp³-hybridized carbons (Fsp3) is 1.00. The van der Waals surface area contributed by atoms with Crippen molar-refractivity contribution in [3.05, 3.63) is 0 Å². The second kappa shape index (κ2) is 4.63. The van der Waals surface area contributed by atoms with E-state index in [9.17, 15) is 0 Å². The SMILES string of the molecule is CCC1(N2CCCCC2)CCNCC1. The number of nitrogens with zero attached hydrogens (tertiary/aromatic N) is 1. The Morgan fingerprint density at radius 2 is 1.71 bits per heavy atom. The zero-order valence-corrected chi connectivity index (χ0v) is 9.52. The highest BCUT2D eigenvalue weighted by Gasteiger charge is 2.36. The molecule has 0 unspecified atom stereocenters. The summed E-state index contributed by atoms with van der Waals surface area (Å²) in [6.45, 7) is 7.54. The van der Waals surface area contributed by atoms with Gasteiger partial charge in [0.2, 0.25) is 0 Å². The van der Waals surface area contributed by atoms with Crippen LogP contribution in [0, 0.1) is 0 Å². The highest BCUT2D eigenvalue weighted by atomic mass is 15.2. The van der Waals surface area contributed by atoms with Crippen molar-refractivity contribution < 1.29 is 0 Å². The number of likely N-dealkylation sites (tertiary alicyclic amines) is 1. The Bertz CT molecular complexity index is 167. The fourth-order valence-electron chi connectivity index (χ4n) is 3.15. The van der Waals surface area contributed by atoms with Gasteiger partial charge >= 0.3 is 0 Å². The Labute approximate surface area is 88.1 Å². The highest BCUT2D eigenvalue weighted by Crippen LogP contribution is 2.31. The van der Waals surface area contributed by atoms with Gasteiger partial charge in [0.1, 0.15) is 0 Å². The summed E-state index contributed by atoms with van der Waals surface area (Å²) in [6.07, 6.45) is 8.38. The maximum absolute atomic E-state index is 3.49. The summed E-state index contributed by atoms with van der Waals surface area (Å²) in [5.41, 5.74) is 0.561. The molecule has 2 heteroatoms. The normalized spacial score (nSPS) is 28.9. The van der Waals surface area contributed by atoms with E-state index in [-0.39, 0.29) is 0 Å². The molecule has 1 N–H and O–H groups in total. The topological polar surface area (TPSA) is 15.3 Å². The summed E-state index contributed by atoms with van der Waals surface area (Å²) in [6, 6.07) is 0. The monoisotopic (exact) mass is 196 g/mol. The first-order valence-electron chi connectivity index (χ1n) is 6.33. The van der Waals surface area contributed by atoms with Crippen molar-refractivity contribution in [3.8, 4) is 0 Å². The highest BCUT2D eigenvalue weighted by molar-refractivity contribution is 4.94. The van der Waals surface area contributed by atoms with Gasteiger partial charge in [-0.25, -0.2) is 0 Å². The van der Waals surface area contributed by atoms with Crippen molar-refractivity contribution in [2.75, 3.05) is 26.2 Å². The summed E-state index contributed by atoms with van der Waals surface area (Å²) < 4.78 is 0. The first-order valence-corrected chi connectivity index (χ1v) is 6.33. The van der Waals surface area contributed by atoms with E-state index in [1.165, 1.54) is 64.7 Å². The molecule has 0 radical (unpaired) electrons. The molecule has 2 heterocycles. The summed E-state index contributed by atoms with van der Waals surface area (Å²) in [4.78, 5) is 2.79. The van der Waals surface area contributed by atoms with Crippen molar-refractivity contribution >= 4 is 0 Å². The van der Waals surface area contributed by atoms with Gasteiger partial charge in [-0.2, -0.15) is 0 Å². The Balaban J connectivity index is 2.01. The summed E-state index contributed by atoms with van der Waals surface area (Å²) >= 11 is 0. The van der Waals surface area contributed by atoms with Gasteiger partial charge in [0, 0.05) is 5.54 Å². The van der Waals surface area contributed by atoms with Gasteiger partial charge in [-0.3, -0.25) is 4.90 Å². The molecule has 82 valence electrons. The van der Waals surface area contributed by atoms with Crippen molar-refractivity contribution in [2.24, 2.45) is 0 Å². The minimum Gasteiger partial charge on any atom is -0.317 e. The van der Waals surface area contributed by atoms with E-state index in [4.69, 9.17) is 0 Å². The van der Waals surface area contributed by atoms with Crippen LogP contribution in [0.15, 0.2) is 0 Å². The molecule has 0 aromatic rings. The third-order valence-corrected chi connectivity index (χ3v) is 4.22. The van der Waals surface area contributed by atoms with Crippen LogP contribution in [0.2, 0.25) is 0 Å². The molecule has 2 fully saturated rings. The quantitative estimate of drug-likeness (QED) is 0.727. The molecule has 0 aromatic heterocycles. The number of rotatable bonds is 2. The third kappa shape index (κ3) is 1.96. The smallest absolute Gasteiger partial charge is 0.0231 e. The molecule has 0 aromatic carbocycles. The van der Waals surface area contributed by atoms with E-state index in [1.807, 2.05) is 0 Å². The van der Waals surface area contributed by atoms with Gasteiger partial charge in [-0.1, -0.05) is 13.3 Å². The molecule has 2 rings (SSSR count). The minimum absolute atomic E-state index is 0.561. The minimum atomic E-state index is 0.561. The predicted octanol–water partition coefficient (Wildman–Crippen LogP) is 2.00. The molecular formula is C12H24N2. The molecule has 2 aliphatic heterocycles. The van der Waals surface area contributed by atoms with E-state index in [2.05, 4.69) is 17.1 Å². The Kier molecular flexibility index (Phi) is 3.45. The summed E-state index contributed by atoms with van der Waals surface area (Å²) in [5, 5.41) is 3.49. The van der Waals surface area contributed by atoms with Crippen LogP contribution < -0.4 is 5.32 Å². The lowest BCUT2D eigenvalue weighted by Crippen LogP contribution is -2.55. The number of nitrogens with one attached hydrogen (secondary N) is 1. The molecule has 2 nitrogen and oxygen atoms in total. The summed E-state index contributed by atoms with van der Waals surface area (Å²) in [7, 11) is 0. The van der Waals surface area contributed by atoms with Crippen LogP contribution in [0.1, 0.15) is 45.4 Å². The maximum atomic E-state index is 3.49. The van der Waals surface area contributed by atoms with Gasteiger partial charge < -0.3 is 5.32 Å². The number of hydrogen-bond donors (Lipinski definition) is 1. The molecule has 0 saturated carbocycles.